The molecule has 0 saturated carbocycles. The minimum atomic E-state index is -0.669. The van der Waals surface area contributed by atoms with Crippen LogP contribution in [0.25, 0.3) is 0 Å². The van der Waals surface area contributed by atoms with Crippen LogP contribution in [0, 0.1) is 5.82 Å². The molecule has 17 heavy (non-hydrogen) atoms. The van der Waals surface area contributed by atoms with E-state index in [1.165, 1.54) is 12.1 Å². The second-order valence-corrected chi connectivity index (χ2v) is 5.09. The first-order chi connectivity index (χ1) is 8.20. The molecule has 2 rings (SSSR count). The van der Waals surface area contributed by atoms with E-state index >= 15 is 0 Å². The van der Waals surface area contributed by atoms with Crippen LogP contribution in [0.15, 0.2) is 18.2 Å². The Kier molecular flexibility index (Phi) is 4.12. The van der Waals surface area contributed by atoms with E-state index in [9.17, 15) is 4.39 Å². The lowest BCUT2D eigenvalue weighted by Gasteiger charge is -2.30. The molecule has 2 atom stereocenters. The molecule has 1 fully saturated rings. The van der Waals surface area contributed by atoms with Gasteiger partial charge >= 0.3 is 0 Å². The molecule has 5 heteroatoms. The van der Waals surface area contributed by atoms with Crippen LogP contribution in [0.1, 0.15) is 12.8 Å². The Bertz CT molecular complexity index is 386. The van der Waals surface area contributed by atoms with Gasteiger partial charge < -0.3 is 14.6 Å². The Balaban J connectivity index is 2.05. The largest absolute Gasteiger partial charge is 0.505 e. The lowest BCUT2D eigenvalue weighted by Crippen LogP contribution is -2.34. The molecule has 0 spiro atoms. The Morgan fingerprint density at radius 3 is 3.00 bits per heavy atom. The highest BCUT2D eigenvalue weighted by atomic mass is 32.2. The quantitative estimate of drug-likeness (QED) is 0.904. The molecule has 94 valence electrons. The van der Waals surface area contributed by atoms with Crippen molar-refractivity contribution < 1.29 is 19.0 Å². The van der Waals surface area contributed by atoms with Crippen LogP contribution in [0.2, 0.25) is 0 Å². The van der Waals surface area contributed by atoms with Gasteiger partial charge in [-0.25, -0.2) is 4.39 Å². The number of hydrogen-bond donors (Lipinski definition) is 1. The molecule has 1 aromatic rings. The minimum Gasteiger partial charge on any atom is -0.505 e. The van der Waals surface area contributed by atoms with Gasteiger partial charge in [-0.1, -0.05) is 0 Å². The Morgan fingerprint density at radius 1 is 1.47 bits per heavy atom. The number of aromatic hydroxyl groups is 1. The Labute approximate surface area is 104 Å². The lowest BCUT2D eigenvalue weighted by molar-refractivity contribution is 0.0327. The molecule has 1 aromatic carbocycles. The number of halogens is 1. The summed E-state index contributed by atoms with van der Waals surface area (Å²) in [6.45, 7) is 0. The number of benzene rings is 1. The number of thioether (sulfide) groups is 1. The van der Waals surface area contributed by atoms with Crippen LogP contribution < -0.4 is 4.74 Å². The van der Waals surface area contributed by atoms with Gasteiger partial charge in [-0.3, -0.25) is 0 Å². The molecule has 0 radical (unpaired) electrons. The van der Waals surface area contributed by atoms with E-state index in [-0.39, 0.29) is 17.3 Å². The summed E-state index contributed by atoms with van der Waals surface area (Å²) in [6.07, 6.45) is 2.09. The topological polar surface area (TPSA) is 38.7 Å². The van der Waals surface area contributed by atoms with E-state index in [0.717, 1.165) is 18.6 Å². The molecule has 3 nitrogen and oxygen atoms in total. The molecule has 0 bridgehead atoms. The summed E-state index contributed by atoms with van der Waals surface area (Å²) >= 11 is 1.67. The van der Waals surface area contributed by atoms with Crippen molar-refractivity contribution in [3.05, 3.63) is 24.0 Å². The van der Waals surface area contributed by atoms with Gasteiger partial charge in [-0.05, 0) is 30.7 Å². The normalized spacial score (nSPS) is 24.6. The molecule has 1 heterocycles. The summed E-state index contributed by atoms with van der Waals surface area (Å²) in [7, 11) is 1.66. The van der Waals surface area contributed by atoms with E-state index in [1.54, 1.807) is 24.9 Å². The number of phenolic OH excluding ortho intramolecular Hbond substituents is 1. The molecule has 1 aliphatic rings. The number of ether oxygens (including phenoxy) is 2. The van der Waals surface area contributed by atoms with Crippen molar-refractivity contribution in [1.29, 1.82) is 0 Å². The third kappa shape index (κ3) is 3.04. The maximum absolute atomic E-state index is 13.1. The second kappa shape index (κ2) is 5.60. The van der Waals surface area contributed by atoms with Crippen LogP contribution in [0.3, 0.4) is 0 Å². The predicted molar refractivity (Wildman–Crippen MR) is 65.0 cm³/mol. The Morgan fingerprint density at radius 2 is 2.29 bits per heavy atom. The first kappa shape index (κ1) is 12.5. The van der Waals surface area contributed by atoms with E-state index in [0.29, 0.717) is 5.75 Å². The number of phenols is 1. The monoisotopic (exact) mass is 258 g/mol. The molecular weight excluding hydrogens is 243 g/mol. The van der Waals surface area contributed by atoms with Gasteiger partial charge in [0.05, 0.1) is 0 Å². The van der Waals surface area contributed by atoms with E-state index < -0.39 is 5.82 Å². The molecule has 2 unspecified atom stereocenters. The zero-order valence-electron chi connectivity index (χ0n) is 9.56. The zero-order chi connectivity index (χ0) is 12.3. The molecule has 0 aromatic heterocycles. The van der Waals surface area contributed by atoms with E-state index in [2.05, 4.69) is 0 Å². The van der Waals surface area contributed by atoms with Crippen molar-refractivity contribution in [2.75, 3.05) is 12.9 Å². The average molecular weight is 258 g/mol. The third-order valence-corrected chi connectivity index (χ3v) is 3.95. The predicted octanol–water partition coefficient (Wildman–Crippen LogP) is 2.78. The number of methoxy groups -OCH3 is 1. The smallest absolute Gasteiger partial charge is 0.170 e. The maximum atomic E-state index is 13.1. The van der Waals surface area contributed by atoms with Gasteiger partial charge in [0, 0.05) is 13.2 Å². The average Bonchev–Trinajstić information content (AvgIpc) is 2.34. The van der Waals surface area contributed by atoms with Crippen molar-refractivity contribution >= 4 is 11.8 Å². The molecule has 0 amide bonds. The fourth-order valence-electron chi connectivity index (χ4n) is 1.76. The molecule has 0 aliphatic carbocycles. The first-order valence-electron chi connectivity index (χ1n) is 5.50. The second-order valence-electron chi connectivity index (χ2n) is 3.89. The minimum absolute atomic E-state index is 0.0330. The van der Waals surface area contributed by atoms with Crippen molar-refractivity contribution in [3.8, 4) is 11.5 Å². The molecule has 1 N–H and O–H groups in total. The van der Waals surface area contributed by atoms with Crippen molar-refractivity contribution in [1.82, 2.24) is 0 Å². The van der Waals surface area contributed by atoms with Crippen LogP contribution in [0.5, 0.6) is 11.5 Å². The SMILES string of the molecule is COC1CCCSC1Oc1ccc(O)c(F)c1. The van der Waals surface area contributed by atoms with Crippen LogP contribution in [0.4, 0.5) is 4.39 Å². The van der Waals surface area contributed by atoms with E-state index in [1.807, 2.05) is 0 Å². The summed E-state index contributed by atoms with van der Waals surface area (Å²) in [4.78, 5) is 0. The fraction of sp³-hybridized carbons (Fsp3) is 0.500. The van der Waals surface area contributed by atoms with E-state index in [4.69, 9.17) is 14.6 Å². The first-order valence-corrected chi connectivity index (χ1v) is 6.55. The summed E-state index contributed by atoms with van der Waals surface area (Å²) in [5, 5.41) is 9.09. The number of hydrogen-bond acceptors (Lipinski definition) is 4. The maximum Gasteiger partial charge on any atom is 0.170 e. The van der Waals surface area contributed by atoms with Gasteiger partial charge in [0.15, 0.2) is 17.0 Å². The highest BCUT2D eigenvalue weighted by Crippen LogP contribution is 2.31. The molecular formula is C12H15FO3S. The van der Waals surface area contributed by atoms with Gasteiger partial charge in [0.25, 0.3) is 0 Å². The van der Waals surface area contributed by atoms with Crippen LogP contribution in [-0.4, -0.2) is 29.5 Å². The highest BCUT2D eigenvalue weighted by Gasteiger charge is 2.27. The summed E-state index contributed by atoms with van der Waals surface area (Å²) in [5.41, 5.74) is -0.113. The third-order valence-electron chi connectivity index (χ3n) is 2.69. The number of rotatable bonds is 3. The van der Waals surface area contributed by atoms with Gasteiger partial charge in [-0.2, -0.15) is 0 Å². The summed E-state index contributed by atoms with van der Waals surface area (Å²) in [6, 6.07) is 4.04. The Hall–Kier alpha value is -0.940. The van der Waals surface area contributed by atoms with Crippen molar-refractivity contribution in [2.24, 2.45) is 0 Å². The van der Waals surface area contributed by atoms with Gasteiger partial charge in [-0.15, -0.1) is 11.8 Å². The standard InChI is InChI=1S/C12H15FO3S/c1-15-11-3-2-6-17-12(11)16-8-4-5-10(14)9(13)7-8/h4-5,7,11-12,14H,2-3,6H2,1H3. The summed E-state index contributed by atoms with van der Waals surface area (Å²) < 4.78 is 24.2. The zero-order valence-corrected chi connectivity index (χ0v) is 10.4. The van der Waals surface area contributed by atoms with Crippen molar-refractivity contribution in [3.63, 3.8) is 0 Å². The molecule has 1 saturated heterocycles. The molecule has 1 aliphatic heterocycles. The van der Waals surface area contributed by atoms with Gasteiger partial charge in [0.1, 0.15) is 11.9 Å². The van der Waals surface area contributed by atoms with Crippen LogP contribution >= 0.6 is 11.8 Å². The van der Waals surface area contributed by atoms with Crippen molar-refractivity contribution in [2.45, 2.75) is 24.4 Å². The van der Waals surface area contributed by atoms with Crippen LogP contribution in [-0.2, 0) is 4.74 Å². The van der Waals surface area contributed by atoms with Gasteiger partial charge in [0.2, 0.25) is 0 Å². The lowest BCUT2D eigenvalue weighted by atomic mass is 10.2. The fourth-order valence-corrected chi connectivity index (χ4v) is 2.97. The highest BCUT2D eigenvalue weighted by molar-refractivity contribution is 7.99. The summed E-state index contributed by atoms with van der Waals surface area (Å²) in [5.74, 6) is 0.404.